The van der Waals surface area contributed by atoms with E-state index in [1.165, 1.54) is 25.3 Å². The average Bonchev–Trinajstić information content (AvgIpc) is 3.34. The lowest BCUT2D eigenvalue weighted by atomic mass is 9.78. The summed E-state index contributed by atoms with van der Waals surface area (Å²) >= 11 is 0. The zero-order valence-corrected chi connectivity index (χ0v) is 27.3. The number of terminal acetylenes is 1. The highest BCUT2D eigenvalue weighted by molar-refractivity contribution is 5.92. The molecule has 4 aromatic rings. The Labute approximate surface area is 279 Å². The summed E-state index contributed by atoms with van der Waals surface area (Å²) in [5.74, 6) is 3.28. The van der Waals surface area contributed by atoms with Crippen LogP contribution in [0.15, 0.2) is 30.6 Å². The number of phenolic OH excluding ortho intramolecular Hbond substituents is 1. The van der Waals surface area contributed by atoms with Gasteiger partial charge < -0.3 is 34.3 Å². The van der Waals surface area contributed by atoms with Crippen LogP contribution in [0.2, 0.25) is 0 Å². The van der Waals surface area contributed by atoms with E-state index in [-0.39, 0.29) is 23.3 Å². The highest BCUT2D eigenvalue weighted by atomic mass is 19.1. The van der Waals surface area contributed by atoms with Crippen molar-refractivity contribution in [3.05, 3.63) is 47.5 Å². The molecule has 1 saturated carbocycles. The van der Waals surface area contributed by atoms with Crippen molar-refractivity contribution in [2.45, 2.75) is 63.6 Å². The first kappa shape index (κ1) is 30.1. The van der Waals surface area contributed by atoms with Gasteiger partial charge in [0.15, 0.2) is 11.2 Å². The fraction of sp³-hybridized carbons (Fsp3) is 0.541. The van der Waals surface area contributed by atoms with Crippen LogP contribution in [-0.4, -0.2) is 94.2 Å². The van der Waals surface area contributed by atoms with Gasteiger partial charge in [-0.3, -0.25) is 0 Å². The highest BCUT2D eigenvalue weighted by Crippen LogP contribution is 2.48. The molecule has 5 aliphatic rings. The van der Waals surface area contributed by atoms with E-state index in [1.807, 2.05) is 4.57 Å². The number of hydrogen-bond donors (Lipinski definition) is 2. The van der Waals surface area contributed by atoms with Crippen molar-refractivity contribution in [1.29, 1.82) is 0 Å². The predicted molar refractivity (Wildman–Crippen MR) is 181 cm³/mol. The standard InChI is InChI=1S/C37H42FN7O3/c1-2-29-30(38)6-3-24-15-28(46)16-25(31(24)29)17-45-23-39-32-33(45)41-35(44-18-26-4-5-27(19-44)40-26)42-34(32)48-22-37(7-8-37)20-43-12-9-36(10-13-43)11-14-47-21-36/h1,3,6,15-16,23,26-27,40,46H,4-5,7-14,17-22H2/t26-,27+. The zero-order chi connectivity index (χ0) is 32.5. The zero-order valence-electron chi connectivity index (χ0n) is 27.3. The van der Waals surface area contributed by atoms with Crippen molar-refractivity contribution in [1.82, 2.24) is 29.7 Å². The van der Waals surface area contributed by atoms with Gasteiger partial charge in [0.1, 0.15) is 11.6 Å². The first-order valence-corrected chi connectivity index (χ1v) is 17.5. The Morgan fingerprint density at radius 3 is 2.62 bits per heavy atom. The van der Waals surface area contributed by atoms with Crippen LogP contribution < -0.4 is 15.0 Å². The molecule has 2 aromatic carbocycles. The smallest absolute Gasteiger partial charge is 0.247 e. The maximum absolute atomic E-state index is 14.8. The monoisotopic (exact) mass is 651 g/mol. The molecule has 2 N–H and O–H groups in total. The Morgan fingerprint density at radius 2 is 1.90 bits per heavy atom. The van der Waals surface area contributed by atoms with Crippen molar-refractivity contribution in [3.63, 3.8) is 0 Å². The Hall–Kier alpha value is -3.98. The normalized spacial score (nSPS) is 24.5. The maximum atomic E-state index is 14.8. The van der Waals surface area contributed by atoms with Gasteiger partial charge in [-0.1, -0.05) is 12.0 Å². The van der Waals surface area contributed by atoms with E-state index in [0.29, 0.717) is 63.4 Å². The molecular formula is C37H42FN7O3. The molecule has 0 unspecified atom stereocenters. The van der Waals surface area contributed by atoms with E-state index in [2.05, 4.69) is 21.0 Å². The third-order valence-electron chi connectivity index (χ3n) is 11.7. The molecular weight excluding hydrogens is 609 g/mol. The van der Waals surface area contributed by atoms with Gasteiger partial charge in [0.05, 0.1) is 31.6 Å². The second kappa shape index (κ2) is 11.6. The van der Waals surface area contributed by atoms with Gasteiger partial charge in [0.25, 0.3) is 0 Å². The number of piperidine rings is 1. The van der Waals surface area contributed by atoms with Crippen molar-refractivity contribution in [3.8, 4) is 24.0 Å². The van der Waals surface area contributed by atoms with Gasteiger partial charge in [-0.05, 0) is 92.6 Å². The van der Waals surface area contributed by atoms with Crippen molar-refractivity contribution >= 4 is 27.9 Å². The van der Waals surface area contributed by atoms with Crippen LogP contribution in [-0.2, 0) is 11.3 Å². The number of ether oxygens (including phenoxy) is 2. The lowest BCUT2D eigenvalue weighted by Crippen LogP contribution is -2.51. The molecule has 0 amide bonds. The Bertz CT molecular complexity index is 1910. The fourth-order valence-electron chi connectivity index (χ4n) is 8.64. The summed E-state index contributed by atoms with van der Waals surface area (Å²) in [5.41, 5.74) is 2.63. The molecule has 1 aliphatic carbocycles. The number of piperazine rings is 1. The number of nitrogens with one attached hydrogen (secondary N) is 1. The third kappa shape index (κ3) is 5.44. The van der Waals surface area contributed by atoms with E-state index in [0.717, 1.165) is 71.6 Å². The second-order valence-corrected chi connectivity index (χ2v) is 15.1. The van der Waals surface area contributed by atoms with Gasteiger partial charge in [-0.2, -0.15) is 9.97 Å². The SMILES string of the molecule is C#Cc1c(F)ccc2cc(O)cc(Cn3cnc4c(OCC5(CN6CCC7(CCOC7)CC6)CC5)nc(N5C[C@H]6CC[C@@H](C5)N6)nc43)c12. The number of nitrogens with zero attached hydrogens (tertiary/aromatic N) is 6. The van der Waals surface area contributed by atoms with E-state index < -0.39 is 5.82 Å². The van der Waals surface area contributed by atoms with Crippen LogP contribution in [0.4, 0.5) is 10.3 Å². The first-order valence-electron chi connectivity index (χ1n) is 17.5. The molecule has 4 aliphatic heterocycles. The average molecular weight is 652 g/mol. The molecule has 5 fully saturated rings. The fourth-order valence-corrected chi connectivity index (χ4v) is 8.64. The molecule has 1 spiro atoms. The van der Waals surface area contributed by atoms with Gasteiger partial charge in [0, 0.05) is 49.1 Å². The number of hydrogen-bond acceptors (Lipinski definition) is 9. The summed E-state index contributed by atoms with van der Waals surface area (Å²) in [4.78, 5) is 19.7. The summed E-state index contributed by atoms with van der Waals surface area (Å²) in [7, 11) is 0. The number of fused-ring (bicyclic) bond motifs is 4. The minimum atomic E-state index is -0.466. The largest absolute Gasteiger partial charge is 0.508 e. The number of halogens is 1. The van der Waals surface area contributed by atoms with Crippen LogP contribution in [0.25, 0.3) is 21.9 Å². The molecule has 4 saturated heterocycles. The van der Waals surface area contributed by atoms with E-state index >= 15 is 0 Å². The molecule has 9 rings (SSSR count). The molecule has 250 valence electrons. The van der Waals surface area contributed by atoms with Crippen molar-refractivity contribution in [2.24, 2.45) is 10.8 Å². The maximum Gasteiger partial charge on any atom is 0.247 e. The molecule has 2 atom stereocenters. The van der Waals surface area contributed by atoms with Gasteiger partial charge in [-0.15, -0.1) is 6.42 Å². The summed E-state index contributed by atoms with van der Waals surface area (Å²) in [6.45, 7) is 7.67. The van der Waals surface area contributed by atoms with Crippen molar-refractivity contribution < 1.29 is 19.0 Å². The first-order chi connectivity index (χ1) is 23.4. The number of likely N-dealkylation sites (tertiary alicyclic amines) is 1. The summed E-state index contributed by atoms with van der Waals surface area (Å²) in [5, 5.41) is 15.6. The van der Waals surface area contributed by atoms with Crippen LogP contribution in [0.1, 0.15) is 56.1 Å². The minimum Gasteiger partial charge on any atom is -0.508 e. The summed E-state index contributed by atoms with van der Waals surface area (Å²) in [6, 6.07) is 7.07. The predicted octanol–water partition coefficient (Wildman–Crippen LogP) is 4.46. The summed E-state index contributed by atoms with van der Waals surface area (Å²) < 4.78 is 29.2. The van der Waals surface area contributed by atoms with Crippen LogP contribution in [0.3, 0.4) is 0 Å². The number of aromatic hydroxyl groups is 1. The number of aromatic nitrogens is 4. The molecule has 48 heavy (non-hydrogen) atoms. The number of benzene rings is 2. The van der Waals surface area contributed by atoms with Crippen molar-refractivity contribution in [2.75, 3.05) is 57.4 Å². The van der Waals surface area contributed by atoms with E-state index in [4.69, 9.17) is 30.8 Å². The number of anilines is 1. The number of imidazole rings is 1. The molecule has 2 aromatic heterocycles. The second-order valence-electron chi connectivity index (χ2n) is 15.1. The lowest BCUT2D eigenvalue weighted by Gasteiger charge is -2.39. The van der Waals surface area contributed by atoms with Gasteiger partial charge in [0.2, 0.25) is 11.8 Å². The van der Waals surface area contributed by atoms with Gasteiger partial charge >= 0.3 is 0 Å². The van der Waals surface area contributed by atoms with Crippen LogP contribution in [0.5, 0.6) is 11.6 Å². The van der Waals surface area contributed by atoms with Crippen LogP contribution in [0, 0.1) is 29.0 Å². The quantitative estimate of drug-likeness (QED) is 0.268. The van der Waals surface area contributed by atoms with E-state index in [1.54, 1.807) is 24.5 Å². The lowest BCUT2D eigenvalue weighted by molar-refractivity contribution is 0.0628. The van der Waals surface area contributed by atoms with Gasteiger partial charge in [-0.25, -0.2) is 9.37 Å². The third-order valence-corrected chi connectivity index (χ3v) is 11.7. The Morgan fingerprint density at radius 1 is 1.08 bits per heavy atom. The van der Waals surface area contributed by atoms with Crippen LogP contribution >= 0.6 is 0 Å². The molecule has 10 nitrogen and oxygen atoms in total. The Balaban J connectivity index is 1.02. The van der Waals surface area contributed by atoms with E-state index in [9.17, 15) is 9.50 Å². The molecule has 11 heteroatoms. The minimum absolute atomic E-state index is 0.0855. The number of phenols is 1. The topological polar surface area (TPSA) is 101 Å². The Kier molecular flexibility index (Phi) is 7.26. The molecule has 2 bridgehead atoms. The number of rotatable bonds is 8. The molecule has 0 radical (unpaired) electrons. The highest BCUT2D eigenvalue weighted by Gasteiger charge is 2.47. The summed E-state index contributed by atoms with van der Waals surface area (Å²) in [6.07, 6.45) is 15.7. The molecule has 6 heterocycles.